The van der Waals surface area contributed by atoms with Gasteiger partial charge in [-0.25, -0.2) is 4.39 Å². The molecule has 1 heterocycles. The lowest BCUT2D eigenvalue weighted by Crippen LogP contribution is -2.33. The van der Waals surface area contributed by atoms with Crippen molar-refractivity contribution < 1.29 is 9.50 Å². The number of rotatable bonds is 3. The van der Waals surface area contributed by atoms with Crippen LogP contribution in [0.25, 0.3) is 0 Å². The third-order valence-corrected chi connectivity index (χ3v) is 3.54. The lowest BCUT2D eigenvalue weighted by atomic mass is 9.84. The molecule has 2 N–H and O–H groups in total. The van der Waals surface area contributed by atoms with Crippen molar-refractivity contribution in [2.45, 2.75) is 31.9 Å². The molecule has 0 spiro atoms. The molecule has 0 amide bonds. The van der Waals surface area contributed by atoms with Crippen LogP contribution in [0.3, 0.4) is 0 Å². The molecule has 3 heteroatoms. The maximum absolute atomic E-state index is 14.6. The molecular formula is C14H20FNO. The molecule has 0 bridgehead atoms. The molecule has 0 saturated carbocycles. The fourth-order valence-electron chi connectivity index (χ4n) is 2.57. The van der Waals surface area contributed by atoms with Crippen molar-refractivity contribution in [3.63, 3.8) is 0 Å². The highest BCUT2D eigenvalue weighted by Crippen LogP contribution is 2.35. The minimum Gasteiger partial charge on any atom is -0.508 e. The van der Waals surface area contributed by atoms with Crippen LogP contribution in [0.4, 0.5) is 4.39 Å². The van der Waals surface area contributed by atoms with Crippen LogP contribution in [0.5, 0.6) is 5.75 Å². The summed E-state index contributed by atoms with van der Waals surface area (Å²) in [6.45, 7) is 3.60. The molecule has 1 aliphatic heterocycles. The van der Waals surface area contributed by atoms with E-state index in [1.165, 1.54) is 0 Å². The number of piperidine rings is 1. The minimum absolute atomic E-state index is 0.184. The first-order valence-electron chi connectivity index (χ1n) is 6.27. The molecule has 1 saturated heterocycles. The molecule has 1 aromatic rings. The van der Waals surface area contributed by atoms with Gasteiger partial charge in [0.1, 0.15) is 11.4 Å². The van der Waals surface area contributed by atoms with Crippen molar-refractivity contribution in [2.24, 2.45) is 5.92 Å². The quantitative estimate of drug-likeness (QED) is 0.847. The van der Waals surface area contributed by atoms with E-state index in [1.807, 2.05) is 0 Å². The van der Waals surface area contributed by atoms with Gasteiger partial charge in [0.05, 0.1) is 0 Å². The van der Waals surface area contributed by atoms with Gasteiger partial charge in [-0.1, -0.05) is 12.1 Å². The van der Waals surface area contributed by atoms with Crippen molar-refractivity contribution in [1.29, 1.82) is 0 Å². The number of hydrogen-bond donors (Lipinski definition) is 2. The van der Waals surface area contributed by atoms with Crippen LogP contribution < -0.4 is 5.32 Å². The molecule has 2 nitrogen and oxygen atoms in total. The van der Waals surface area contributed by atoms with E-state index in [0.717, 1.165) is 25.9 Å². The number of alkyl halides is 1. The van der Waals surface area contributed by atoms with Crippen molar-refractivity contribution in [3.05, 3.63) is 29.8 Å². The molecule has 2 rings (SSSR count). The highest BCUT2D eigenvalue weighted by atomic mass is 19.1. The SMILES string of the molecule is CC(F)(CC1CCCNC1)c1ccc(O)cc1. The summed E-state index contributed by atoms with van der Waals surface area (Å²) in [6, 6.07) is 6.44. The molecule has 2 unspecified atom stereocenters. The zero-order valence-electron chi connectivity index (χ0n) is 10.2. The second-order valence-corrected chi connectivity index (χ2v) is 5.16. The van der Waals surface area contributed by atoms with E-state index < -0.39 is 5.67 Å². The smallest absolute Gasteiger partial charge is 0.133 e. The fourth-order valence-corrected chi connectivity index (χ4v) is 2.57. The Kier molecular flexibility index (Phi) is 3.67. The number of halogens is 1. The molecule has 1 aromatic carbocycles. The van der Waals surface area contributed by atoms with Gasteiger partial charge >= 0.3 is 0 Å². The highest BCUT2D eigenvalue weighted by molar-refractivity contribution is 5.29. The Balaban J connectivity index is 2.04. The van der Waals surface area contributed by atoms with Crippen molar-refractivity contribution in [2.75, 3.05) is 13.1 Å². The second kappa shape index (κ2) is 5.05. The van der Waals surface area contributed by atoms with Crippen LogP contribution in [0, 0.1) is 5.92 Å². The minimum atomic E-state index is -1.31. The molecule has 17 heavy (non-hydrogen) atoms. The van der Waals surface area contributed by atoms with E-state index in [2.05, 4.69) is 5.32 Å². The van der Waals surface area contributed by atoms with Gasteiger partial charge in [-0.15, -0.1) is 0 Å². The van der Waals surface area contributed by atoms with Gasteiger partial charge in [-0.2, -0.15) is 0 Å². The summed E-state index contributed by atoms with van der Waals surface area (Å²) in [5.74, 6) is 0.594. The molecule has 0 aromatic heterocycles. The van der Waals surface area contributed by atoms with Crippen LogP contribution in [0.1, 0.15) is 31.7 Å². The second-order valence-electron chi connectivity index (χ2n) is 5.16. The van der Waals surface area contributed by atoms with Crippen molar-refractivity contribution in [3.8, 4) is 5.75 Å². The fraction of sp³-hybridized carbons (Fsp3) is 0.571. The van der Waals surface area contributed by atoms with Crippen molar-refractivity contribution in [1.82, 2.24) is 5.32 Å². The number of benzene rings is 1. The highest BCUT2D eigenvalue weighted by Gasteiger charge is 2.30. The van der Waals surface area contributed by atoms with Crippen LogP contribution >= 0.6 is 0 Å². The molecule has 0 radical (unpaired) electrons. The summed E-state index contributed by atoms with van der Waals surface area (Å²) in [4.78, 5) is 0. The van der Waals surface area contributed by atoms with Crippen LogP contribution in [-0.4, -0.2) is 18.2 Å². The third kappa shape index (κ3) is 3.19. The number of phenolic OH excluding ortho intramolecular Hbond substituents is 1. The Hall–Kier alpha value is -1.09. The summed E-state index contributed by atoms with van der Waals surface area (Å²) in [5, 5.41) is 12.5. The zero-order chi connectivity index (χ0) is 12.3. The van der Waals surface area contributed by atoms with Gasteiger partial charge < -0.3 is 10.4 Å². The van der Waals surface area contributed by atoms with E-state index in [-0.39, 0.29) is 5.75 Å². The van der Waals surface area contributed by atoms with Gasteiger partial charge in [-0.3, -0.25) is 0 Å². The maximum atomic E-state index is 14.6. The summed E-state index contributed by atoms with van der Waals surface area (Å²) >= 11 is 0. The van der Waals surface area contributed by atoms with Crippen molar-refractivity contribution >= 4 is 0 Å². The Bertz CT molecular complexity index is 355. The average Bonchev–Trinajstić information content (AvgIpc) is 2.30. The topological polar surface area (TPSA) is 32.3 Å². The van der Waals surface area contributed by atoms with Crippen LogP contribution in [0.15, 0.2) is 24.3 Å². The predicted molar refractivity (Wildman–Crippen MR) is 66.8 cm³/mol. The molecule has 1 aliphatic rings. The Morgan fingerprint density at radius 1 is 1.41 bits per heavy atom. The lowest BCUT2D eigenvalue weighted by molar-refractivity contribution is 0.134. The van der Waals surface area contributed by atoms with Gasteiger partial charge in [0.25, 0.3) is 0 Å². The van der Waals surface area contributed by atoms with E-state index in [1.54, 1.807) is 31.2 Å². The Morgan fingerprint density at radius 3 is 2.71 bits per heavy atom. The zero-order valence-corrected chi connectivity index (χ0v) is 10.2. The molecule has 2 atom stereocenters. The van der Waals surface area contributed by atoms with E-state index in [9.17, 15) is 9.50 Å². The number of aromatic hydroxyl groups is 1. The average molecular weight is 237 g/mol. The summed E-state index contributed by atoms with van der Waals surface area (Å²) in [5.41, 5.74) is -0.655. The standard InChI is InChI=1S/C14H20FNO/c1-14(15,9-11-3-2-8-16-10-11)12-4-6-13(17)7-5-12/h4-7,11,16-17H,2-3,8-10H2,1H3. The van der Waals surface area contributed by atoms with E-state index in [0.29, 0.717) is 17.9 Å². The monoisotopic (exact) mass is 237 g/mol. The van der Waals surface area contributed by atoms with Gasteiger partial charge in [0.2, 0.25) is 0 Å². The lowest BCUT2D eigenvalue weighted by Gasteiger charge is -2.29. The van der Waals surface area contributed by atoms with Crippen LogP contribution in [0.2, 0.25) is 0 Å². The molecule has 1 fully saturated rings. The predicted octanol–water partition coefficient (Wildman–Crippen LogP) is 2.97. The third-order valence-electron chi connectivity index (χ3n) is 3.54. The van der Waals surface area contributed by atoms with Gasteiger partial charge in [0, 0.05) is 0 Å². The largest absolute Gasteiger partial charge is 0.508 e. The van der Waals surface area contributed by atoms with Gasteiger partial charge in [0.15, 0.2) is 0 Å². The summed E-state index contributed by atoms with van der Waals surface area (Å²) in [7, 11) is 0. The first-order valence-corrected chi connectivity index (χ1v) is 6.27. The normalized spacial score (nSPS) is 24.2. The number of nitrogens with one attached hydrogen (secondary N) is 1. The van der Waals surface area contributed by atoms with Gasteiger partial charge in [-0.05, 0) is 62.9 Å². The number of phenols is 1. The van der Waals surface area contributed by atoms with E-state index in [4.69, 9.17) is 0 Å². The Labute approximate surface area is 102 Å². The summed E-state index contributed by atoms with van der Waals surface area (Å²) < 4.78 is 14.6. The molecule has 0 aliphatic carbocycles. The first kappa shape index (κ1) is 12.4. The Morgan fingerprint density at radius 2 is 2.12 bits per heavy atom. The van der Waals surface area contributed by atoms with Crippen LogP contribution in [-0.2, 0) is 5.67 Å². The summed E-state index contributed by atoms with van der Waals surface area (Å²) in [6.07, 6.45) is 2.78. The molecular weight excluding hydrogens is 217 g/mol. The number of hydrogen-bond acceptors (Lipinski definition) is 2. The molecule has 94 valence electrons. The first-order chi connectivity index (χ1) is 8.08. The maximum Gasteiger partial charge on any atom is 0.133 e. The van der Waals surface area contributed by atoms with E-state index >= 15 is 0 Å².